The molecular formula is C14H28N4O2. The van der Waals surface area contributed by atoms with Gasteiger partial charge in [-0.05, 0) is 19.4 Å². The molecule has 0 spiro atoms. The summed E-state index contributed by atoms with van der Waals surface area (Å²) in [6, 6.07) is 0. The standard InChI is InChI=1S/C14H28N4O2/c1-3-5-15-11-14(20)18-9-7-17(8-10-18)12-13(19)16-6-4-2/h15H,3-12H2,1-2H3,(H,16,19). The van der Waals surface area contributed by atoms with Crippen LogP contribution in [0.25, 0.3) is 0 Å². The molecule has 6 nitrogen and oxygen atoms in total. The van der Waals surface area contributed by atoms with Gasteiger partial charge in [0.2, 0.25) is 11.8 Å². The Balaban J connectivity index is 2.19. The van der Waals surface area contributed by atoms with Crippen molar-refractivity contribution in [1.29, 1.82) is 0 Å². The summed E-state index contributed by atoms with van der Waals surface area (Å²) >= 11 is 0. The van der Waals surface area contributed by atoms with Crippen LogP contribution in [0.4, 0.5) is 0 Å². The van der Waals surface area contributed by atoms with Gasteiger partial charge in [-0.1, -0.05) is 13.8 Å². The molecule has 0 saturated carbocycles. The van der Waals surface area contributed by atoms with Crippen molar-refractivity contribution in [2.75, 3.05) is 52.4 Å². The maximum absolute atomic E-state index is 11.9. The molecule has 1 aliphatic rings. The Bertz CT molecular complexity index is 302. The van der Waals surface area contributed by atoms with Crippen LogP contribution in [0.15, 0.2) is 0 Å². The summed E-state index contributed by atoms with van der Waals surface area (Å²) in [6.45, 7) is 9.58. The molecule has 0 bridgehead atoms. The summed E-state index contributed by atoms with van der Waals surface area (Å²) in [5, 5.41) is 6.01. The molecule has 0 atom stereocenters. The lowest BCUT2D eigenvalue weighted by atomic mass is 10.3. The fraction of sp³-hybridized carbons (Fsp3) is 0.857. The van der Waals surface area contributed by atoms with Gasteiger partial charge in [0.25, 0.3) is 0 Å². The molecule has 20 heavy (non-hydrogen) atoms. The molecule has 0 aromatic rings. The Labute approximate surface area is 121 Å². The molecule has 1 aliphatic heterocycles. The van der Waals surface area contributed by atoms with Gasteiger partial charge in [0.1, 0.15) is 0 Å². The first-order valence-electron chi connectivity index (χ1n) is 7.64. The molecule has 116 valence electrons. The van der Waals surface area contributed by atoms with Crippen LogP contribution in [0.2, 0.25) is 0 Å². The minimum Gasteiger partial charge on any atom is -0.355 e. The molecule has 0 aromatic carbocycles. The summed E-state index contributed by atoms with van der Waals surface area (Å²) in [5.74, 6) is 0.241. The predicted octanol–water partition coefficient (Wildman–Crippen LogP) is -0.344. The molecule has 6 heteroatoms. The summed E-state index contributed by atoms with van der Waals surface area (Å²) in [5.41, 5.74) is 0. The first-order chi connectivity index (χ1) is 9.67. The fourth-order valence-corrected chi connectivity index (χ4v) is 2.16. The van der Waals surface area contributed by atoms with Gasteiger partial charge in [0, 0.05) is 32.7 Å². The van der Waals surface area contributed by atoms with Gasteiger partial charge in [0.15, 0.2) is 0 Å². The Morgan fingerprint density at radius 1 is 1.00 bits per heavy atom. The molecule has 2 amide bonds. The van der Waals surface area contributed by atoms with Gasteiger partial charge in [-0.25, -0.2) is 0 Å². The van der Waals surface area contributed by atoms with E-state index in [0.717, 1.165) is 39.0 Å². The SMILES string of the molecule is CCCNCC(=O)N1CCN(CC(=O)NCCC)CC1. The fourth-order valence-electron chi connectivity index (χ4n) is 2.16. The van der Waals surface area contributed by atoms with Crippen molar-refractivity contribution in [3.63, 3.8) is 0 Å². The van der Waals surface area contributed by atoms with Gasteiger partial charge in [-0.3, -0.25) is 14.5 Å². The molecular weight excluding hydrogens is 256 g/mol. The maximum Gasteiger partial charge on any atom is 0.236 e. The average Bonchev–Trinajstić information content (AvgIpc) is 2.46. The number of nitrogens with one attached hydrogen (secondary N) is 2. The number of carbonyl (C=O) groups excluding carboxylic acids is 2. The van der Waals surface area contributed by atoms with Crippen LogP contribution < -0.4 is 10.6 Å². The van der Waals surface area contributed by atoms with E-state index < -0.39 is 0 Å². The lowest BCUT2D eigenvalue weighted by Crippen LogP contribution is -2.52. The number of carbonyl (C=O) groups is 2. The summed E-state index contributed by atoms with van der Waals surface area (Å²) in [4.78, 5) is 27.5. The number of hydrogen-bond acceptors (Lipinski definition) is 4. The van der Waals surface area contributed by atoms with Crippen LogP contribution in [-0.2, 0) is 9.59 Å². The number of rotatable bonds is 8. The van der Waals surface area contributed by atoms with Crippen molar-refractivity contribution in [1.82, 2.24) is 20.4 Å². The number of hydrogen-bond donors (Lipinski definition) is 2. The predicted molar refractivity (Wildman–Crippen MR) is 79.5 cm³/mol. The van der Waals surface area contributed by atoms with Gasteiger partial charge < -0.3 is 15.5 Å². The third-order valence-corrected chi connectivity index (χ3v) is 3.37. The maximum atomic E-state index is 11.9. The number of piperazine rings is 1. The summed E-state index contributed by atoms with van der Waals surface area (Å²) in [6.07, 6.45) is 1.99. The second-order valence-electron chi connectivity index (χ2n) is 5.18. The normalized spacial score (nSPS) is 16.2. The van der Waals surface area contributed by atoms with Crippen LogP contribution in [0, 0.1) is 0 Å². The van der Waals surface area contributed by atoms with E-state index in [4.69, 9.17) is 0 Å². The molecule has 1 fully saturated rings. The highest BCUT2D eigenvalue weighted by Gasteiger charge is 2.21. The van der Waals surface area contributed by atoms with E-state index in [9.17, 15) is 9.59 Å². The largest absolute Gasteiger partial charge is 0.355 e. The van der Waals surface area contributed by atoms with E-state index in [0.29, 0.717) is 26.2 Å². The number of amides is 2. The van der Waals surface area contributed by atoms with Crippen LogP contribution in [0.5, 0.6) is 0 Å². The Morgan fingerprint density at radius 2 is 1.65 bits per heavy atom. The van der Waals surface area contributed by atoms with Crippen molar-refractivity contribution in [2.24, 2.45) is 0 Å². The molecule has 0 aromatic heterocycles. The minimum atomic E-state index is 0.0799. The summed E-state index contributed by atoms with van der Waals surface area (Å²) in [7, 11) is 0. The van der Waals surface area contributed by atoms with E-state index >= 15 is 0 Å². The zero-order chi connectivity index (χ0) is 14.8. The van der Waals surface area contributed by atoms with Crippen LogP contribution >= 0.6 is 0 Å². The van der Waals surface area contributed by atoms with Gasteiger partial charge >= 0.3 is 0 Å². The third kappa shape index (κ3) is 6.34. The first-order valence-corrected chi connectivity index (χ1v) is 7.64. The van der Waals surface area contributed by atoms with E-state index in [1.807, 2.05) is 11.8 Å². The first kappa shape index (κ1) is 16.9. The van der Waals surface area contributed by atoms with Gasteiger partial charge in [0.05, 0.1) is 13.1 Å². The topological polar surface area (TPSA) is 64.7 Å². The van der Waals surface area contributed by atoms with E-state index in [1.54, 1.807) is 0 Å². The van der Waals surface area contributed by atoms with Gasteiger partial charge in [-0.15, -0.1) is 0 Å². The second-order valence-corrected chi connectivity index (χ2v) is 5.18. The van der Waals surface area contributed by atoms with Gasteiger partial charge in [-0.2, -0.15) is 0 Å². The van der Waals surface area contributed by atoms with Crippen molar-refractivity contribution < 1.29 is 9.59 Å². The molecule has 2 N–H and O–H groups in total. The Morgan fingerprint density at radius 3 is 2.25 bits per heavy atom. The molecule has 1 heterocycles. The van der Waals surface area contributed by atoms with Crippen LogP contribution in [-0.4, -0.2) is 74.0 Å². The lowest BCUT2D eigenvalue weighted by Gasteiger charge is -2.34. The molecule has 0 radical (unpaired) electrons. The van der Waals surface area contributed by atoms with Crippen molar-refractivity contribution in [2.45, 2.75) is 26.7 Å². The summed E-state index contributed by atoms with van der Waals surface area (Å²) < 4.78 is 0. The quantitative estimate of drug-likeness (QED) is 0.598. The highest BCUT2D eigenvalue weighted by atomic mass is 16.2. The second kappa shape index (κ2) is 9.72. The zero-order valence-electron chi connectivity index (χ0n) is 12.8. The Hall–Kier alpha value is -1.14. The monoisotopic (exact) mass is 284 g/mol. The van der Waals surface area contributed by atoms with Crippen LogP contribution in [0.3, 0.4) is 0 Å². The van der Waals surface area contributed by atoms with E-state index in [2.05, 4.69) is 22.5 Å². The zero-order valence-corrected chi connectivity index (χ0v) is 12.8. The third-order valence-electron chi connectivity index (χ3n) is 3.37. The minimum absolute atomic E-state index is 0.0799. The highest BCUT2D eigenvalue weighted by molar-refractivity contribution is 5.79. The van der Waals surface area contributed by atoms with E-state index in [1.165, 1.54) is 0 Å². The highest BCUT2D eigenvalue weighted by Crippen LogP contribution is 2.01. The lowest BCUT2D eigenvalue weighted by molar-refractivity contribution is -0.132. The van der Waals surface area contributed by atoms with Crippen LogP contribution in [0.1, 0.15) is 26.7 Å². The Kier molecular flexibility index (Phi) is 8.22. The number of nitrogens with zero attached hydrogens (tertiary/aromatic N) is 2. The average molecular weight is 284 g/mol. The smallest absolute Gasteiger partial charge is 0.236 e. The molecule has 0 unspecified atom stereocenters. The molecule has 0 aliphatic carbocycles. The van der Waals surface area contributed by atoms with Crippen molar-refractivity contribution in [3.8, 4) is 0 Å². The van der Waals surface area contributed by atoms with Crippen molar-refractivity contribution >= 4 is 11.8 Å². The van der Waals surface area contributed by atoms with E-state index in [-0.39, 0.29) is 11.8 Å². The van der Waals surface area contributed by atoms with Crippen molar-refractivity contribution in [3.05, 3.63) is 0 Å². The molecule has 1 rings (SSSR count). The molecule has 1 saturated heterocycles.